The Morgan fingerprint density at radius 2 is 1.90 bits per heavy atom. The van der Waals surface area contributed by atoms with Crippen molar-refractivity contribution in [3.8, 4) is 11.1 Å². The van der Waals surface area contributed by atoms with E-state index in [0.29, 0.717) is 17.7 Å². The first kappa shape index (κ1) is 18.8. The van der Waals surface area contributed by atoms with E-state index < -0.39 is 0 Å². The molecule has 0 atom stereocenters. The van der Waals surface area contributed by atoms with Gasteiger partial charge in [-0.1, -0.05) is 38.1 Å². The van der Waals surface area contributed by atoms with Crippen molar-refractivity contribution in [3.63, 3.8) is 0 Å². The number of halogens is 1. The van der Waals surface area contributed by atoms with Crippen LogP contribution in [0.5, 0.6) is 0 Å². The molecule has 0 radical (unpaired) electrons. The summed E-state index contributed by atoms with van der Waals surface area (Å²) in [5.74, 6) is -0.430. The van der Waals surface area contributed by atoms with Crippen molar-refractivity contribution in [1.29, 1.82) is 0 Å². The summed E-state index contributed by atoms with van der Waals surface area (Å²) in [6.45, 7) is 4.63. The predicted octanol–water partition coefficient (Wildman–Crippen LogP) is 4.95. The van der Waals surface area contributed by atoms with Crippen LogP contribution in [0.15, 0.2) is 60.9 Å². The summed E-state index contributed by atoms with van der Waals surface area (Å²) in [6, 6.07) is 14.5. The minimum absolute atomic E-state index is 0.105. The molecule has 6 heteroatoms. The molecule has 0 saturated carbocycles. The van der Waals surface area contributed by atoms with E-state index in [-0.39, 0.29) is 18.3 Å². The number of fused-ring (bicyclic) bond motifs is 2. The Balaban J connectivity index is 0.000000994. The first-order valence-electron chi connectivity index (χ1n) is 9.64. The fourth-order valence-electron chi connectivity index (χ4n) is 3.49. The highest BCUT2D eigenvalue weighted by Crippen LogP contribution is 2.27. The Hall–Kier alpha value is -3.54. The van der Waals surface area contributed by atoms with Crippen molar-refractivity contribution in [2.24, 2.45) is 0 Å². The van der Waals surface area contributed by atoms with Crippen LogP contribution in [0.3, 0.4) is 0 Å². The molecule has 5 rings (SSSR count). The molecule has 29 heavy (non-hydrogen) atoms. The molecule has 5 nitrogen and oxygen atoms in total. The number of benzene rings is 2. The lowest BCUT2D eigenvalue weighted by Crippen LogP contribution is -2.23. The molecule has 2 aromatic carbocycles. The van der Waals surface area contributed by atoms with Crippen LogP contribution in [0.2, 0.25) is 0 Å². The van der Waals surface area contributed by atoms with Crippen LogP contribution in [0, 0.1) is 5.82 Å². The van der Waals surface area contributed by atoms with Crippen molar-refractivity contribution in [3.05, 3.63) is 83.6 Å². The van der Waals surface area contributed by atoms with Crippen LogP contribution >= 0.6 is 0 Å². The fourth-order valence-corrected chi connectivity index (χ4v) is 3.49. The second kappa shape index (κ2) is 7.83. The highest BCUT2D eigenvalue weighted by Gasteiger charge is 2.28. The number of rotatable bonds is 3. The highest BCUT2D eigenvalue weighted by atomic mass is 19.1. The summed E-state index contributed by atoms with van der Waals surface area (Å²) in [4.78, 5) is 18.3. The van der Waals surface area contributed by atoms with Crippen LogP contribution in [0.25, 0.3) is 22.0 Å². The summed E-state index contributed by atoms with van der Waals surface area (Å²) in [6.07, 6.45) is 3.42. The average Bonchev–Trinajstić information content (AvgIpc) is 3.35. The number of aromatic amines is 1. The van der Waals surface area contributed by atoms with Gasteiger partial charge in [0.05, 0.1) is 29.5 Å². The minimum Gasteiger partial charge on any atom is -0.328 e. The molecule has 1 aliphatic heterocycles. The largest absolute Gasteiger partial charge is 0.328 e. The molecule has 0 fully saturated rings. The summed E-state index contributed by atoms with van der Waals surface area (Å²) < 4.78 is 14.7. The zero-order chi connectivity index (χ0) is 20.4. The lowest BCUT2D eigenvalue weighted by molar-refractivity contribution is 0.0765. The maximum absolute atomic E-state index is 14.7. The van der Waals surface area contributed by atoms with E-state index in [1.165, 1.54) is 6.07 Å². The molecule has 0 saturated heterocycles. The van der Waals surface area contributed by atoms with Crippen LogP contribution < -0.4 is 0 Å². The normalized spacial score (nSPS) is 12.7. The topological polar surface area (TPSA) is 61.9 Å². The van der Waals surface area contributed by atoms with Crippen LogP contribution in [-0.4, -0.2) is 26.0 Å². The van der Waals surface area contributed by atoms with Crippen molar-refractivity contribution >= 4 is 16.8 Å². The Labute approximate surface area is 168 Å². The molecule has 4 aromatic rings. The van der Waals surface area contributed by atoms with E-state index in [1.807, 2.05) is 38.1 Å². The van der Waals surface area contributed by atoms with Gasteiger partial charge in [-0.05, 0) is 35.4 Å². The number of H-pyrrole nitrogens is 1. The Kier molecular flexibility index (Phi) is 5.08. The molecule has 0 aliphatic carbocycles. The SMILES string of the molecule is CC.O=C1c2cccnc2CN1Cc1ccc(-c2ccc3cn[nH]c3c2)cc1F. The number of nitrogens with zero attached hydrogens (tertiary/aromatic N) is 3. The van der Waals surface area contributed by atoms with E-state index in [4.69, 9.17) is 0 Å². The lowest BCUT2D eigenvalue weighted by Gasteiger charge is -2.16. The third-order valence-corrected chi connectivity index (χ3v) is 4.94. The monoisotopic (exact) mass is 388 g/mol. The number of amides is 1. The third-order valence-electron chi connectivity index (χ3n) is 4.94. The van der Waals surface area contributed by atoms with Gasteiger partial charge < -0.3 is 4.90 Å². The van der Waals surface area contributed by atoms with Crippen molar-refractivity contribution in [1.82, 2.24) is 20.1 Å². The molecule has 1 N–H and O–H groups in total. The van der Waals surface area contributed by atoms with Gasteiger partial charge in [0.1, 0.15) is 5.82 Å². The van der Waals surface area contributed by atoms with Crippen molar-refractivity contribution in [2.45, 2.75) is 26.9 Å². The van der Waals surface area contributed by atoms with Gasteiger partial charge in [-0.15, -0.1) is 0 Å². The second-order valence-electron chi connectivity index (χ2n) is 6.64. The number of carbonyl (C=O) groups excluding carboxylic acids is 1. The fraction of sp³-hybridized carbons (Fsp3) is 0.174. The van der Waals surface area contributed by atoms with E-state index in [1.54, 1.807) is 35.5 Å². The third kappa shape index (κ3) is 3.49. The van der Waals surface area contributed by atoms with E-state index in [0.717, 1.165) is 27.7 Å². The molecule has 1 aliphatic rings. The van der Waals surface area contributed by atoms with Crippen molar-refractivity contribution < 1.29 is 9.18 Å². The maximum Gasteiger partial charge on any atom is 0.256 e. The van der Waals surface area contributed by atoms with Crippen LogP contribution in [0.1, 0.15) is 35.5 Å². The molecule has 0 spiro atoms. The quantitative estimate of drug-likeness (QED) is 0.540. The molecule has 1 amide bonds. The number of hydrogen-bond acceptors (Lipinski definition) is 3. The lowest BCUT2D eigenvalue weighted by atomic mass is 10.0. The zero-order valence-corrected chi connectivity index (χ0v) is 16.3. The smallest absolute Gasteiger partial charge is 0.256 e. The minimum atomic E-state index is -0.325. The molecule has 0 unspecified atom stereocenters. The zero-order valence-electron chi connectivity index (χ0n) is 16.3. The number of aromatic nitrogens is 3. The maximum atomic E-state index is 14.7. The molecule has 2 aromatic heterocycles. The van der Waals surface area contributed by atoms with Crippen LogP contribution in [-0.2, 0) is 13.1 Å². The Bertz CT molecular complexity index is 1180. The predicted molar refractivity (Wildman–Crippen MR) is 111 cm³/mol. The standard InChI is InChI=1S/C21H15FN4O.C2H6/c22-18-8-13(14-3-5-15-10-24-25-19(15)9-14)4-6-16(18)11-26-12-20-17(21(26)27)2-1-7-23-20;1-2/h1-10H,11-12H2,(H,24,25);1-2H3. The average molecular weight is 388 g/mol. The molecule has 0 bridgehead atoms. The van der Waals surface area contributed by atoms with Gasteiger partial charge in [0.25, 0.3) is 5.91 Å². The van der Waals surface area contributed by atoms with Gasteiger partial charge in [-0.3, -0.25) is 14.9 Å². The number of pyridine rings is 1. The molecular formula is C23H21FN4O. The number of carbonyl (C=O) groups is 1. The number of nitrogens with one attached hydrogen (secondary N) is 1. The first-order chi connectivity index (χ1) is 14.2. The van der Waals surface area contributed by atoms with Gasteiger partial charge in [-0.25, -0.2) is 4.39 Å². The van der Waals surface area contributed by atoms with E-state index in [9.17, 15) is 9.18 Å². The summed E-state index contributed by atoms with van der Waals surface area (Å²) in [5, 5.41) is 7.94. The summed E-state index contributed by atoms with van der Waals surface area (Å²) in [7, 11) is 0. The summed E-state index contributed by atoms with van der Waals surface area (Å²) in [5.41, 5.74) is 4.43. The van der Waals surface area contributed by atoms with Gasteiger partial charge in [0.15, 0.2) is 0 Å². The Morgan fingerprint density at radius 1 is 1.10 bits per heavy atom. The molecular weight excluding hydrogens is 367 g/mol. The van der Waals surface area contributed by atoms with E-state index in [2.05, 4.69) is 15.2 Å². The van der Waals surface area contributed by atoms with Crippen LogP contribution in [0.4, 0.5) is 4.39 Å². The first-order valence-corrected chi connectivity index (χ1v) is 9.64. The molecule has 3 heterocycles. The number of hydrogen-bond donors (Lipinski definition) is 1. The highest BCUT2D eigenvalue weighted by molar-refractivity contribution is 5.97. The summed E-state index contributed by atoms with van der Waals surface area (Å²) >= 11 is 0. The second-order valence-corrected chi connectivity index (χ2v) is 6.64. The van der Waals surface area contributed by atoms with Gasteiger partial charge >= 0.3 is 0 Å². The van der Waals surface area contributed by atoms with Gasteiger partial charge in [0.2, 0.25) is 0 Å². The Morgan fingerprint density at radius 3 is 2.69 bits per heavy atom. The molecule has 146 valence electrons. The van der Waals surface area contributed by atoms with Crippen molar-refractivity contribution in [2.75, 3.05) is 0 Å². The van der Waals surface area contributed by atoms with Gasteiger partial charge in [-0.2, -0.15) is 5.10 Å². The van der Waals surface area contributed by atoms with E-state index >= 15 is 0 Å². The van der Waals surface area contributed by atoms with Gasteiger partial charge in [0, 0.05) is 23.7 Å².